The lowest BCUT2D eigenvalue weighted by Gasteiger charge is -2.13. The van der Waals surface area contributed by atoms with Crippen LogP contribution in [0, 0.1) is 0 Å². The first-order chi connectivity index (χ1) is 7.81. The molecular weight excluding hydrogens is 200 g/mol. The highest BCUT2D eigenvalue weighted by Gasteiger charge is 2.28. The summed E-state index contributed by atoms with van der Waals surface area (Å²) in [5.41, 5.74) is 3.20. The minimum Gasteiger partial charge on any atom is -0.384 e. The first-order valence-electron chi connectivity index (χ1n) is 5.56. The molecule has 3 heteroatoms. The molecule has 1 aliphatic carbocycles. The predicted molar refractivity (Wildman–Crippen MR) is 62.3 cm³/mol. The van der Waals surface area contributed by atoms with Gasteiger partial charge in [-0.1, -0.05) is 6.08 Å². The Kier molecular flexibility index (Phi) is 2.07. The number of aliphatic hydroxyl groups excluding tert-OH is 1. The van der Waals surface area contributed by atoms with Gasteiger partial charge < -0.3 is 9.51 Å². The lowest BCUT2D eigenvalue weighted by Crippen LogP contribution is -2.02. The first kappa shape index (κ1) is 9.60. The van der Waals surface area contributed by atoms with E-state index in [2.05, 4.69) is 17.6 Å². The topological polar surface area (TPSA) is 37.5 Å². The molecule has 1 fully saturated rings. The van der Waals surface area contributed by atoms with Gasteiger partial charge in [0.2, 0.25) is 0 Å². The zero-order valence-electron chi connectivity index (χ0n) is 9.00. The second-order valence-corrected chi connectivity index (χ2v) is 4.33. The third kappa shape index (κ3) is 1.36. The van der Waals surface area contributed by atoms with Crippen molar-refractivity contribution in [3.8, 4) is 0 Å². The normalized spacial score (nSPS) is 17.6. The molecule has 0 radical (unpaired) electrons. The number of imidazole rings is 1. The number of aromatic nitrogens is 2. The Balaban J connectivity index is 2.27. The van der Waals surface area contributed by atoms with Crippen LogP contribution in [0.4, 0.5) is 0 Å². The Hall–Kier alpha value is -1.61. The Morgan fingerprint density at radius 1 is 1.56 bits per heavy atom. The quantitative estimate of drug-likeness (QED) is 0.797. The third-order valence-corrected chi connectivity index (χ3v) is 3.20. The molecule has 2 aromatic rings. The molecule has 1 saturated carbocycles. The van der Waals surface area contributed by atoms with Crippen molar-refractivity contribution in [1.29, 1.82) is 0 Å². The van der Waals surface area contributed by atoms with Gasteiger partial charge in [-0.3, -0.25) is 0 Å². The van der Waals surface area contributed by atoms with Gasteiger partial charge in [0.1, 0.15) is 0 Å². The summed E-state index contributed by atoms with van der Waals surface area (Å²) >= 11 is 0. The second-order valence-electron chi connectivity index (χ2n) is 4.33. The molecule has 3 rings (SSSR count). The van der Waals surface area contributed by atoms with Crippen LogP contribution in [-0.2, 0) is 0 Å². The molecule has 0 amide bonds. The standard InChI is InChI=1S/C13H14N2O/c1-2-12(16)13-10(9-3-4-9)5-6-15-8-14-7-11(13)15/h2,5-9,12,16H,1,3-4H2. The molecule has 82 valence electrons. The number of fused-ring (bicyclic) bond motifs is 1. The average Bonchev–Trinajstić information content (AvgIpc) is 3.04. The second kappa shape index (κ2) is 3.46. The molecule has 0 bridgehead atoms. The van der Waals surface area contributed by atoms with Crippen molar-refractivity contribution in [2.45, 2.75) is 24.9 Å². The molecule has 16 heavy (non-hydrogen) atoms. The van der Waals surface area contributed by atoms with E-state index in [1.54, 1.807) is 18.6 Å². The van der Waals surface area contributed by atoms with Gasteiger partial charge in [-0.2, -0.15) is 0 Å². The highest BCUT2D eigenvalue weighted by atomic mass is 16.3. The summed E-state index contributed by atoms with van der Waals surface area (Å²) in [6.07, 6.45) is 8.99. The van der Waals surface area contributed by atoms with Crippen LogP contribution in [0.1, 0.15) is 36.0 Å². The molecule has 3 nitrogen and oxygen atoms in total. The fourth-order valence-electron chi connectivity index (χ4n) is 2.22. The molecule has 1 N–H and O–H groups in total. The largest absolute Gasteiger partial charge is 0.384 e. The molecule has 0 aromatic carbocycles. The molecule has 0 aliphatic heterocycles. The highest BCUT2D eigenvalue weighted by molar-refractivity contribution is 5.59. The van der Waals surface area contributed by atoms with Crippen molar-refractivity contribution in [3.63, 3.8) is 0 Å². The van der Waals surface area contributed by atoms with E-state index in [1.807, 2.05) is 10.6 Å². The SMILES string of the molecule is C=CC(O)c1c(C2CC2)ccn2cncc12. The van der Waals surface area contributed by atoms with Gasteiger partial charge in [0.25, 0.3) is 0 Å². The van der Waals surface area contributed by atoms with Gasteiger partial charge in [-0.05, 0) is 30.4 Å². The molecule has 0 spiro atoms. The summed E-state index contributed by atoms with van der Waals surface area (Å²) < 4.78 is 1.94. The smallest absolute Gasteiger partial charge is 0.0992 e. The maximum absolute atomic E-state index is 10.0. The summed E-state index contributed by atoms with van der Waals surface area (Å²) in [5, 5.41) is 10.0. The van der Waals surface area contributed by atoms with Crippen molar-refractivity contribution in [2.24, 2.45) is 0 Å². The van der Waals surface area contributed by atoms with Gasteiger partial charge in [0, 0.05) is 11.8 Å². The van der Waals surface area contributed by atoms with Gasteiger partial charge in [-0.25, -0.2) is 4.98 Å². The van der Waals surface area contributed by atoms with E-state index in [0.717, 1.165) is 11.1 Å². The monoisotopic (exact) mass is 214 g/mol. The van der Waals surface area contributed by atoms with E-state index < -0.39 is 6.10 Å². The summed E-state index contributed by atoms with van der Waals surface area (Å²) in [6.45, 7) is 3.67. The van der Waals surface area contributed by atoms with Gasteiger partial charge in [-0.15, -0.1) is 6.58 Å². The number of rotatable bonds is 3. The number of hydrogen-bond donors (Lipinski definition) is 1. The van der Waals surface area contributed by atoms with Crippen LogP contribution < -0.4 is 0 Å². The van der Waals surface area contributed by atoms with Crippen molar-refractivity contribution < 1.29 is 5.11 Å². The molecule has 1 unspecified atom stereocenters. The minimum atomic E-state index is -0.601. The summed E-state index contributed by atoms with van der Waals surface area (Å²) in [4.78, 5) is 4.12. The van der Waals surface area contributed by atoms with Crippen LogP contribution in [0.5, 0.6) is 0 Å². The van der Waals surface area contributed by atoms with Crippen molar-refractivity contribution >= 4 is 5.52 Å². The van der Waals surface area contributed by atoms with Gasteiger partial charge in [0.15, 0.2) is 0 Å². The average molecular weight is 214 g/mol. The van der Waals surface area contributed by atoms with Crippen LogP contribution in [0.2, 0.25) is 0 Å². The van der Waals surface area contributed by atoms with Gasteiger partial charge >= 0.3 is 0 Å². The van der Waals surface area contributed by atoms with Gasteiger partial charge in [0.05, 0.1) is 24.1 Å². The fourth-order valence-corrected chi connectivity index (χ4v) is 2.22. The van der Waals surface area contributed by atoms with Crippen LogP contribution in [0.3, 0.4) is 0 Å². The number of pyridine rings is 1. The maximum atomic E-state index is 10.0. The Morgan fingerprint density at radius 2 is 2.38 bits per heavy atom. The lowest BCUT2D eigenvalue weighted by molar-refractivity contribution is 0.229. The summed E-state index contributed by atoms with van der Waals surface area (Å²) in [5.74, 6) is 0.615. The van der Waals surface area contributed by atoms with E-state index in [0.29, 0.717) is 5.92 Å². The molecule has 2 heterocycles. The predicted octanol–water partition coefficient (Wildman–Crippen LogP) is 2.43. The number of hydrogen-bond acceptors (Lipinski definition) is 2. The molecule has 0 saturated heterocycles. The van der Waals surface area contributed by atoms with E-state index in [-0.39, 0.29) is 0 Å². The lowest BCUT2D eigenvalue weighted by atomic mass is 9.99. The molecule has 1 atom stereocenters. The van der Waals surface area contributed by atoms with Crippen LogP contribution in [-0.4, -0.2) is 14.5 Å². The molecule has 2 aromatic heterocycles. The fraction of sp³-hybridized carbons (Fsp3) is 0.308. The molecule has 1 aliphatic rings. The van der Waals surface area contributed by atoms with E-state index in [1.165, 1.54) is 18.4 Å². The van der Waals surface area contributed by atoms with Crippen LogP contribution >= 0.6 is 0 Å². The summed E-state index contributed by atoms with van der Waals surface area (Å²) in [7, 11) is 0. The zero-order valence-corrected chi connectivity index (χ0v) is 9.00. The van der Waals surface area contributed by atoms with Crippen LogP contribution in [0.15, 0.2) is 37.4 Å². The number of aliphatic hydroxyl groups is 1. The zero-order chi connectivity index (χ0) is 11.1. The van der Waals surface area contributed by atoms with E-state index >= 15 is 0 Å². The molecular formula is C13H14N2O. The maximum Gasteiger partial charge on any atom is 0.0992 e. The highest BCUT2D eigenvalue weighted by Crippen LogP contribution is 2.44. The van der Waals surface area contributed by atoms with E-state index in [9.17, 15) is 5.11 Å². The first-order valence-corrected chi connectivity index (χ1v) is 5.56. The van der Waals surface area contributed by atoms with Crippen molar-refractivity contribution in [2.75, 3.05) is 0 Å². The third-order valence-electron chi connectivity index (χ3n) is 3.20. The number of nitrogens with zero attached hydrogens (tertiary/aromatic N) is 2. The van der Waals surface area contributed by atoms with E-state index in [4.69, 9.17) is 0 Å². The Labute approximate surface area is 94.1 Å². The Bertz CT molecular complexity index is 540. The summed E-state index contributed by atoms with van der Waals surface area (Å²) in [6, 6.07) is 2.09. The van der Waals surface area contributed by atoms with Crippen molar-refractivity contribution in [1.82, 2.24) is 9.38 Å². The Morgan fingerprint density at radius 3 is 3.06 bits per heavy atom. The van der Waals surface area contributed by atoms with Crippen LogP contribution in [0.25, 0.3) is 5.52 Å². The minimum absolute atomic E-state index is 0.601. The van der Waals surface area contributed by atoms with Crippen molar-refractivity contribution in [3.05, 3.63) is 48.6 Å².